The quantitative estimate of drug-likeness (QED) is 0.716. The molecular weight excluding hydrogens is 266 g/mol. The van der Waals surface area contributed by atoms with Crippen molar-refractivity contribution in [2.75, 3.05) is 23.7 Å². The minimum atomic E-state index is -2.76. The van der Waals surface area contributed by atoms with Gasteiger partial charge in [0.2, 0.25) is 0 Å². The van der Waals surface area contributed by atoms with Crippen molar-refractivity contribution < 1.29 is 13.9 Å². The highest BCUT2D eigenvalue weighted by Crippen LogP contribution is 2.39. The Morgan fingerprint density at radius 2 is 1.85 bits per heavy atom. The Balaban J connectivity index is 2.17. The van der Waals surface area contributed by atoms with Gasteiger partial charge in [0.1, 0.15) is 23.6 Å². The fourth-order valence-electron chi connectivity index (χ4n) is 1.86. The van der Waals surface area contributed by atoms with Gasteiger partial charge in [-0.1, -0.05) is 0 Å². The van der Waals surface area contributed by atoms with E-state index < -0.39 is 12.5 Å². The fraction of sp³-hybridized carbons (Fsp3) is 0.692. The number of hydrogen-bond acceptors (Lipinski definition) is 5. The molecule has 7 heteroatoms. The summed E-state index contributed by atoms with van der Waals surface area (Å²) in [5.41, 5.74) is 0.776. The Hall–Kier alpha value is -1.50. The van der Waals surface area contributed by atoms with Gasteiger partial charge in [0.05, 0.1) is 0 Å². The molecule has 0 saturated heterocycles. The summed E-state index contributed by atoms with van der Waals surface area (Å²) in [7, 11) is 0. The van der Waals surface area contributed by atoms with Crippen LogP contribution in [0, 0.1) is 6.92 Å². The Bertz CT molecular complexity index is 466. The Labute approximate surface area is 116 Å². The highest BCUT2D eigenvalue weighted by atomic mass is 19.3. The Kier molecular flexibility index (Phi) is 4.69. The largest absolute Gasteiger partial charge is 0.385 e. The Morgan fingerprint density at radius 1 is 1.25 bits per heavy atom. The first-order valence-corrected chi connectivity index (χ1v) is 6.85. The Morgan fingerprint density at radius 3 is 2.35 bits per heavy atom. The van der Waals surface area contributed by atoms with E-state index in [9.17, 15) is 13.9 Å². The second-order valence-corrected chi connectivity index (χ2v) is 4.99. The SMILES string of the molecule is CCNc1nc(C2CC2)nc(NCC(O)C(F)F)c1C. The highest BCUT2D eigenvalue weighted by molar-refractivity contribution is 5.57. The zero-order chi connectivity index (χ0) is 14.7. The van der Waals surface area contributed by atoms with Gasteiger partial charge in [0.15, 0.2) is 0 Å². The number of nitrogens with one attached hydrogen (secondary N) is 2. The highest BCUT2D eigenvalue weighted by Gasteiger charge is 2.28. The maximum atomic E-state index is 12.3. The molecule has 1 aromatic heterocycles. The molecule has 0 radical (unpaired) electrons. The number of halogens is 2. The van der Waals surface area contributed by atoms with E-state index in [0.29, 0.717) is 11.7 Å². The van der Waals surface area contributed by atoms with Crippen LogP contribution >= 0.6 is 0 Å². The lowest BCUT2D eigenvalue weighted by molar-refractivity contribution is 0.00380. The topological polar surface area (TPSA) is 70.1 Å². The van der Waals surface area contributed by atoms with Gasteiger partial charge in [-0.3, -0.25) is 0 Å². The van der Waals surface area contributed by atoms with Gasteiger partial charge in [-0.15, -0.1) is 0 Å². The summed E-state index contributed by atoms with van der Waals surface area (Å²) in [5, 5.41) is 15.1. The van der Waals surface area contributed by atoms with Crippen LogP contribution < -0.4 is 10.6 Å². The summed E-state index contributed by atoms with van der Waals surface area (Å²) in [6.07, 6.45) is -2.33. The molecular formula is C13H20F2N4O. The minimum Gasteiger partial charge on any atom is -0.385 e. The fourth-order valence-corrected chi connectivity index (χ4v) is 1.86. The van der Waals surface area contributed by atoms with Crippen LogP contribution in [0.3, 0.4) is 0 Å². The lowest BCUT2D eigenvalue weighted by Gasteiger charge is -2.16. The van der Waals surface area contributed by atoms with Gasteiger partial charge in [-0.2, -0.15) is 0 Å². The maximum Gasteiger partial charge on any atom is 0.265 e. The number of rotatable bonds is 7. The maximum absolute atomic E-state index is 12.3. The smallest absolute Gasteiger partial charge is 0.265 e. The van der Waals surface area contributed by atoms with Crippen LogP contribution in [0.2, 0.25) is 0 Å². The van der Waals surface area contributed by atoms with Gasteiger partial charge < -0.3 is 15.7 Å². The number of anilines is 2. The van der Waals surface area contributed by atoms with E-state index in [4.69, 9.17) is 0 Å². The number of alkyl halides is 2. The first kappa shape index (κ1) is 14.9. The van der Waals surface area contributed by atoms with E-state index in [1.807, 2.05) is 13.8 Å². The summed E-state index contributed by atoms with van der Waals surface area (Å²) in [6.45, 7) is 4.28. The van der Waals surface area contributed by atoms with Crippen LogP contribution in [-0.4, -0.2) is 40.7 Å². The van der Waals surface area contributed by atoms with Crippen molar-refractivity contribution in [2.24, 2.45) is 0 Å². The molecule has 1 fully saturated rings. The van der Waals surface area contributed by atoms with Crippen LogP contribution in [0.1, 0.15) is 37.1 Å². The van der Waals surface area contributed by atoms with Gasteiger partial charge in [-0.25, -0.2) is 18.7 Å². The van der Waals surface area contributed by atoms with Crippen LogP contribution in [0.4, 0.5) is 20.4 Å². The zero-order valence-corrected chi connectivity index (χ0v) is 11.7. The number of aromatic nitrogens is 2. The van der Waals surface area contributed by atoms with E-state index in [-0.39, 0.29) is 6.54 Å². The van der Waals surface area contributed by atoms with Gasteiger partial charge in [0.25, 0.3) is 6.43 Å². The molecule has 1 aliphatic carbocycles. The summed E-state index contributed by atoms with van der Waals surface area (Å²) in [6, 6.07) is 0. The zero-order valence-electron chi connectivity index (χ0n) is 11.7. The molecule has 0 aromatic carbocycles. The van der Waals surface area contributed by atoms with Crippen molar-refractivity contribution in [3.05, 3.63) is 11.4 Å². The summed E-state index contributed by atoms with van der Waals surface area (Å²) in [4.78, 5) is 8.86. The molecule has 1 saturated carbocycles. The standard InChI is InChI=1S/C13H20F2N4O/c1-3-16-11-7(2)12(17-6-9(20)10(14)15)19-13(18-11)8-4-5-8/h8-10,20H,3-6H2,1-2H3,(H2,16,17,18,19). The predicted molar refractivity (Wildman–Crippen MR) is 73.4 cm³/mol. The molecule has 1 atom stereocenters. The van der Waals surface area contributed by atoms with Crippen molar-refractivity contribution >= 4 is 11.6 Å². The van der Waals surface area contributed by atoms with E-state index in [0.717, 1.165) is 36.6 Å². The second kappa shape index (κ2) is 6.30. The third kappa shape index (κ3) is 3.53. The lowest BCUT2D eigenvalue weighted by Crippen LogP contribution is -2.27. The monoisotopic (exact) mass is 286 g/mol. The van der Waals surface area contributed by atoms with Crippen LogP contribution in [-0.2, 0) is 0 Å². The number of nitrogens with zero attached hydrogens (tertiary/aromatic N) is 2. The molecule has 20 heavy (non-hydrogen) atoms. The number of aliphatic hydroxyl groups excluding tert-OH is 1. The van der Waals surface area contributed by atoms with Crippen LogP contribution in [0.25, 0.3) is 0 Å². The third-order valence-corrected chi connectivity index (χ3v) is 3.22. The molecule has 112 valence electrons. The summed E-state index contributed by atoms with van der Waals surface area (Å²) >= 11 is 0. The lowest BCUT2D eigenvalue weighted by atomic mass is 10.2. The van der Waals surface area contributed by atoms with Crippen molar-refractivity contribution in [2.45, 2.75) is 45.1 Å². The summed E-state index contributed by atoms with van der Waals surface area (Å²) < 4.78 is 24.6. The first-order chi connectivity index (χ1) is 9.52. The van der Waals surface area contributed by atoms with Crippen molar-refractivity contribution in [3.8, 4) is 0 Å². The average molecular weight is 286 g/mol. The molecule has 5 nitrogen and oxygen atoms in total. The van der Waals surface area contributed by atoms with E-state index in [1.54, 1.807) is 0 Å². The molecule has 1 heterocycles. The molecule has 0 spiro atoms. The van der Waals surface area contributed by atoms with E-state index in [2.05, 4.69) is 20.6 Å². The molecule has 3 N–H and O–H groups in total. The van der Waals surface area contributed by atoms with Crippen molar-refractivity contribution in [1.82, 2.24) is 9.97 Å². The molecule has 0 aliphatic heterocycles. The molecule has 2 rings (SSSR count). The normalized spacial score (nSPS) is 16.3. The van der Waals surface area contributed by atoms with E-state index >= 15 is 0 Å². The van der Waals surface area contributed by atoms with E-state index in [1.165, 1.54) is 0 Å². The molecule has 1 aromatic rings. The van der Waals surface area contributed by atoms with Crippen LogP contribution in [0.5, 0.6) is 0 Å². The molecule has 1 unspecified atom stereocenters. The third-order valence-electron chi connectivity index (χ3n) is 3.22. The predicted octanol–water partition coefficient (Wildman–Crippen LogP) is 2.13. The summed E-state index contributed by atoms with van der Waals surface area (Å²) in [5.74, 6) is 2.34. The first-order valence-electron chi connectivity index (χ1n) is 6.85. The second-order valence-electron chi connectivity index (χ2n) is 4.99. The number of hydrogen-bond donors (Lipinski definition) is 3. The van der Waals surface area contributed by atoms with Crippen molar-refractivity contribution in [1.29, 1.82) is 0 Å². The van der Waals surface area contributed by atoms with Gasteiger partial charge in [0, 0.05) is 24.6 Å². The molecule has 0 amide bonds. The van der Waals surface area contributed by atoms with Gasteiger partial charge in [-0.05, 0) is 26.7 Å². The van der Waals surface area contributed by atoms with Gasteiger partial charge >= 0.3 is 0 Å². The molecule has 0 bridgehead atoms. The van der Waals surface area contributed by atoms with Crippen molar-refractivity contribution in [3.63, 3.8) is 0 Å². The van der Waals surface area contributed by atoms with Crippen LogP contribution in [0.15, 0.2) is 0 Å². The molecule has 1 aliphatic rings. The average Bonchev–Trinajstić information content (AvgIpc) is 3.23. The minimum absolute atomic E-state index is 0.231. The number of aliphatic hydroxyl groups is 1.